The molecule has 0 amide bonds. The Morgan fingerprint density at radius 2 is 2.40 bits per heavy atom. The third-order valence-electron chi connectivity index (χ3n) is 1.32. The highest BCUT2D eigenvalue weighted by molar-refractivity contribution is 5.66. The Labute approximate surface area is 58.7 Å². The molecule has 10 heavy (non-hydrogen) atoms. The molecule has 0 radical (unpaired) electrons. The molecule has 1 N–H and O–H groups in total. The minimum absolute atomic E-state index is 0.262. The summed E-state index contributed by atoms with van der Waals surface area (Å²) in [6, 6.07) is 0. The van der Waals surface area contributed by atoms with Gasteiger partial charge < -0.3 is 14.6 Å². The summed E-state index contributed by atoms with van der Waals surface area (Å²) >= 11 is 0. The van der Waals surface area contributed by atoms with Crippen molar-refractivity contribution in [2.24, 2.45) is 0 Å². The second-order valence-electron chi connectivity index (χ2n) is 2.25. The summed E-state index contributed by atoms with van der Waals surface area (Å²) < 4.78 is 9.55. The van der Waals surface area contributed by atoms with Crippen LogP contribution in [0.3, 0.4) is 0 Å². The zero-order valence-electron chi connectivity index (χ0n) is 5.74. The highest BCUT2D eigenvalue weighted by Crippen LogP contribution is 2.08. The van der Waals surface area contributed by atoms with E-state index in [1.54, 1.807) is 0 Å². The smallest absolute Gasteiger partial charge is 0.303 e. The third-order valence-corrected chi connectivity index (χ3v) is 1.32. The number of carbonyl (C=O) groups is 1. The van der Waals surface area contributed by atoms with Crippen LogP contribution in [0.15, 0.2) is 0 Å². The fraction of sp³-hybridized carbons (Fsp3) is 0.833. The highest BCUT2D eigenvalue weighted by Gasteiger charge is 2.28. The van der Waals surface area contributed by atoms with Gasteiger partial charge in [-0.25, -0.2) is 0 Å². The van der Waals surface area contributed by atoms with Crippen LogP contribution in [-0.2, 0) is 14.3 Å². The SMILES string of the molecule is CC(=O)O[C@@H]1COC[C@H]1O. The van der Waals surface area contributed by atoms with Crippen LogP contribution < -0.4 is 0 Å². The quantitative estimate of drug-likeness (QED) is 0.497. The van der Waals surface area contributed by atoms with Gasteiger partial charge in [0.15, 0.2) is 6.10 Å². The summed E-state index contributed by atoms with van der Waals surface area (Å²) in [7, 11) is 0. The largest absolute Gasteiger partial charge is 0.457 e. The molecule has 0 unspecified atom stereocenters. The zero-order valence-corrected chi connectivity index (χ0v) is 5.74. The topological polar surface area (TPSA) is 55.8 Å². The van der Waals surface area contributed by atoms with Gasteiger partial charge in [0.25, 0.3) is 0 Å². The molecular formula is C6H10O4. The molecule has 0 bridgehead atoms. The molecule has 0 saturated carbocycles. The van der Waals surface area contributed by atoms with Gasteiger partial charge >= 0.3 is 5.97 Å². The van der Waals surface area contributed by atoms with Crippen molar-refractivity contribution >= 4 is 5.97 Å². The monoisotopic (exact) mass is 146 g/mol. The third kappa shape index (κ3) is 1.68. The summed E-state index contributed by atoms with van der Waals surface area (Å²) in [5.74, 6) is -0.380. The summed E-state index contributed by atoms with van der Waals surface area (Å²) in [5, 5.41) is 9.04. The summed E-state index contributed by atoms with van der Waals surface area (Å²) in [5.41, 5.74) is 0. The first kappa shape index (κ1) is 7.50. The average molecular weight is 146 g/mol. The summed E-state index contributed by atoms with van der Waals surface area (Å²) in [6.45, 7) is 1.88. The molecule has 0 aliphatic carbocycles. The van der Waals surface area contributed by atoms with E-state index in [0.717, 1.165) is 0 Å². The first-order chi connectivity index (χ1) is 4.70. The molecule has 58 valence electrons. The van der Waals surface area contributed by atoms with Crippen LogP contribution in [0, 0.1) is 0 Å². The normalized spacial score (nSPS) is 32.2. The molecule has 0 aromatic carbocycles. The predicted molar refractivity (Wildman–Crippen MR) is 32.4 cm³/mol. The van der Waals surface area contributed by atoms with Gasteiger partial charge in [-0.1, -0.05) is 0 Å². The molecule has 1 fully saturated rings. The van der Waals surface area contributed by atoms with Crippen LogP contribution in [0.25, 0.3) is 0 Å². The van der Waals surface area contributed by atoms with E-state index in [9.17, 15) is 4.79 Å². The van der Waals surface area contributed by atoms with E-state index in [0.29, 0.717) is 6.61 Å². The van der Waals surface area contributed by atoms with Crippen LogP contribution in [0.4, 0.5) is 0 Å². The Morgan fingerprint density at radius 3 is 2.80 bits per heavy atom. The van der Waals surface area contributed by atoms with Crippen LogP contribution in [0.2, 0.25) is 0 Å². The van der Waals surface area contributed by atoms with Crippen molar-refractivity contribution < 1.29 is 19.4 Å². The number of carbonyl (C=O) groups excluding carboxylic acids is 1. The average Bonchev–Trinajstić information content (AvgIpc) is 2.15. The maximum atomic E-state index is 10.4. The molecule has 1 aliphatic heterocycles. The Balaban J connectivity index is 2.33. The molecule has 2 atom stereocenters. The highest BCUT2D eigenvalue weighted by atomic mass is 16.6. The van der Waals surface area contributed by atoms with Gasteiger partial charge in [0.1, 0.15) is 6.10 Å². The lowest BCUT2D eigenvalue weighted by molar-refractivity contribution is -0.149. The predicted octanol–water partition coefficient (Wildman–Crippen LogP) is -0.691. The number of aliphatic hydroxyl groups excluding tert-OH is 1. The van der Waals surface area contributed by atoms with E-state index in [1.165, 1.54) is 6.92 Å². The molecule has 0 spiro atoms. The van der Waals surface area contributed by atoms with Gasteiger partial charge in [-0.3, -0.25) is 4.79 Å². The van der Waals surface area contributed by atoms with Crippen LogP contribution in [0.1, 0.15) is 6.92 Å². The lowest BCUT2D eigenvalue weighted by atomic mass is 10.3. The van der Waals surface area contributed by atoms with E-state index in [4.69, 9.17) is 14.6 Å². The number of rotatable bonds is 1. The van der Waals surface area contributed by atoms with Gasteiger partial charge in [-0.05, 0) is 0 Å². The van der Waals surface area contributed by atoms with Crippen LogP contribution in [-0.4, -0.2) is 36.5 Å². The Morgan fingerprint density at radius 1 is 1.70 bits per heavy atom. The van der Waals surface area contributed by atoms with E-state index >= 15 is 0 Å². The number of esters is 1. The minimum atomic E-state index is -0.649. The zero-order chi connectivity index (χ0) is 7.56. The van der Waals surface area contributed by atoms with Crippen molar-refractivity contribution in [3.05, 3.63) is 0 Å². The molecule has 0 aromatic heterocycles. The van der Waals surface area contributed by atoms with Crippen molar-refractivity contribution in [3.63, 3.8) is 0 Å². The van der Waals surface area contributed by atoms with Crippen molar-refractivity contribution in [2.45, 2.75) is 19.1 Å². The Hall–Kier alpha value is -0.610. The van der Waals surface area contributed by atoms with E-state index in [2.05, 4.69) is 0 Å². The second-order valence-corrected chi connectivity index (χ2v) is 2.25. The standard InChI is InChI=1S/C6H10O4/c1-4(7)10-6-3-9-2-5(6)8/h5-6,8H,2-3H2,1H3/t5-,6-/m1/s1. The number of ether oxygens (including phenoxy) is 2. The first-order valence-electron chi connectivity index (χ1n) is 3.13. The summed E-state index contributed by atoms with van der Waals surface area (Å²) in [6.07, 6.45) is -1.11. The maximum Gasteiger partial charge on any atom is 0.303 e. The molecule has 1 saturated heterocycles. The first-order valence-corrected chi connectivity index (χ1v) is 3.13. The lowest BCUT2D eigenvalue weighted by Gasteiger charge is -2.11. The summed E-state index contributed by atoms with van der Waals surface area (Å²) in [4.78, 5) is 10.4. The molecular weight excluding hydrogens is 136 g/mol. The van der Waals surface area contributed by atoms with Gasteiger partial charge in [0, 0.05) is 6.92 Å². The van der Waals surface area contributed by atoms with Gasteiger partial charge in [-0.2, -0.15) is 0 Å². The van der Waals surface area contributed by atoms with E-state index in [1.807, 2.05) is 0 Å². The Bertz CT molecular complexity index is 134. The van der Waals surface area contributed by atoms with Crippen molar-refractivity contribution in [2.75, 3.05) is 13.2 Å². The molecule has 4 nitrogen and oxygen atoms in total. The number of hydrogen-bond donors (Lipinski definition) is 1. The molecule has 4 heteroatoms. The van der Waals surface area contributed by atoms with Gasteiger partial charge in [-0.15, -0.1) is 0 Å². The van der Waals surface area contributed by atoms with Gasteiger partial charge in [0.05, 0.1) is 13.2 Å². The Kier molecular flexibility index (Phi) is 2.24. The van der Waals surface area contributed by atoms with E-state index < -0.39 is 12.2 Å². The van der Waals surface area contributed by atoms with Crippen LogP contribution in [0.5, 0.6) is 0 Å². The fourth-order valence-electron chi connectivity index (χ4n) is 0.849. The van der Waals surface area contributed by atoms with Crippen molar-refractivity contribution in [1.29, 1.82) is 0 Å². The second kappa shape index (κ2) is 2.98. The van der Waals surface area contributed by atoms with Crippen molar-refractivity contribution in [1.82, 2.24) is 0 Å². The van der Waals surface area contributed by atoms with Crippen molar-refractivity contribution in [3.8, 4) is 0 Å². The fourth-order valence-corrected chi connectivity index (χ4v) is 0.849. The molecule has 1 aliphatic rings. The molecule has 1 rings (SSSR count). The van der Waals surface area contributed by atoms with E-state index in [-0.39, 0.29) is 12.6 Å². The number of hydrogen-bond acceptors (Lipinski definition) is 4. The minimum Gasteiger partial charge on any atom is -0.457 e. The van der Waals surface area contributed by atoms with Gasteiger partial charge in [0.2, 0.25) is 0 Å². The molecule has 0 aromatic rings. The van der Waals surface area contributed by atoms with Crippen LogP contribution >= 0.6 is 0 Å². The number of aliphatic hydroxyl groups is 1. The maximum absolute atomic E-state index is 10.4. The lowest BCUT2D eigenvalue weighted by Crippen LogP contribution is -2.28. The molecule has 1 heterocycles.